The lowest BCUT2D eigenvalue weighted by molar-refractivity contribution is -0.141. The number of ketones is 1. The molecule has 3 rings (SSSR count). The van der Waals surface area contributed by atoms with Crippen molar-refractivity contribution in [1.82, 2.24) is 0 Å². The summed E-state index contributed by atoms with van der Waals surface area (Å²) >= 11 is 6.05. The number of hydrogen-bond donors (Lipinski definition) is 1. The van der Waals surface area contributed by atoms with Crippen LogP contribution in [0.2, 0.25) is 5.02 Å². The van der Waals surface area contributed by atoms with Crippen molar-refractivity contribution in [3.05, 3.63) is 59.1 Å². The van der Waals surface area contributed by atoms with Gasteiger partial charge in [0.1, 0.15) is 11.5 Å². The van der Waals surface area contributed by atoms with Crippen LogP contribution >= 0.6 is 11.6 Å². The maximum Gasteiger partial charge on any atom is 0.264 e. The maximum absolute atomic E-state index is 12.8. The molecule has 0 saturated heterocycles. The summed E-state index contributed by atoms with van der Waals surface area (Å²) in [7, 11) is 0. The molecule has 1 N–H and O–H groups in total. The first-order valence-corrected chi connectivity index (χ1v) is 8.82. The number of carbonyl (C=O) groups is 2. The van der Waals surface area contributed by atoms with Crippen LogP contribution in [0.3, 0.4) is 0 Å². The first-order chi connectivity index (χ1) is 12.4. The van der Waals surface area contributed by atoms with E-state index < -0.39 is 11.5 Å². The normalized spacial score (nSPS) is 18.7. The Morgan fingerprint density at radius 2 is 1.88 bits per heavy atom. The van der Waals surface area contributed by atoms with Crippen LogP contribution in [0.4, 0.5) is 5.69 Å². The molecule has 26 heavy (non-hydrogen) atoms. The topological polar surface area (TPSA) is 66.8 Å². The van der Waals surface area contributed by atoms with Crippen LogP contribution in [0.25, 0.3) is 0 Å². The highest BCUT2D eigenvalue weighted by Crippen LogP contribution is 2.42. The van der Waals surface area contributed by atoms with E-state index in [9.17, 15) is 14.7 Å². The van der Waals surface area contributed by atoms with Gasteiger partial charge in [-0.3, -0.25) is 9.59 Å². The molecule has 136 valence electrons. The van der Waals surface area contributed by atoms with Gasteiger partial charge in [0.2, 0.25) is 0 Å². The molecule has 2 aromatic rings. The van der Waals surface area contributed by atoms with Crippen molar-refractivity contribution in [3.63, 3.8) is 0 Å². The Hall–Kier alpha value is -2.37. The van der Waals surface area contributed by atoms with Gasteiger partial charge in [0.05, 0.1) is 17.3 Å². The Morgan fingerprint density at radius 3 is 2.62 bits per heavy atom. The van der Waals surface area contributed by atoms with Crippen LogP contribution in [-0.4, -0.2) is 29.9 Å². The minimum absolute atomic E-state index is 0.227. The van der Waals surface area contributed by atoms with Crippen LogP contribution in [0, 0.1) is 0 Å². The summed E-state index contributed by atoms with van der Waals surface area (Å²) < 4.78 is 5.65. The quantitative estimate of drug-likeness (QED) is 0.756. The summed E-state index contributed by atoms with van der Waals surface area (Å²) in [6.45, 7) is 2.12. The second-order valence-electron chi connectivity index (χ2n) is 6.35. The molecule has 1 aliphatic rings. The molecule has 0 radical (unpaired) electrons. The highest BCUT2D eigenvalue weighted by Gasteiger charge is 2.49. The molecular weight excluding hydrogens is 354 g/mol. The molecule has 6 heteroatoms. The molecule has 1 amide bonds. The van der Waals surface area contributed by atoms with E-state index in [-0.39, 0.29) is 12.2 Å². The summed E-state index contributed by atoms with van der Waals surface area (Å²) in [5.74, 6) is -0.110. The SMILES string of the molecule is CC(=O)CC1(O)C(=O)N(CCCOc2ccccc2Cl)c2ccccc21. The molecule has 2 aromatic carbocycles. The first kappa shape index (κ1) is 18.4. The summed E-state index contributed by atoms with van der Waals surface area (Å²) in [6.07, 6.45) is 0.330. The lowest BCUT2D eigenvalue weighted by Gasteiger charge is -2.22. The number of amides is 1. The Labute approximate surface area is 157 Å². The van der Waals surface area contributed by atoms with E-state index in [2.05, 4.69) is 0 Å². The largest absolute Gasteiger partial charge is 0.492 e. The Balaban J connectivity index is 1.69. The summed E-state index contributed by atoms with van der Waals surface area (Å²) in [4.78, 5) is 25.9. The van der Waals surface area contributed by atoms with Crippen molar-refractivity contribution in [2.75, 3.05) is 18.1 Å². The molecule has 0 aromatic heterocycles. The fourth-order valence-corrected chi connectivity index (χ4v) is 3.42. The van der Waals surface area contributed by atoms with Gasteiger partial charge in [-0.2, -0.15) is 0 Å². The minimum atomic E-state index is -1.79. The van der Waals surface area contributed by atoms with Crippen LogP contribution in [0.1, 0.15) is 25.3 Å². The van der Waals surface area contributed by atoms with Gasteiger partial charge in [0.15, 0.2) is 5.60 Å². The lowest BCUT2D eigenvalue weighted by atomic mass is 9.90. The second kappa shape index (κ2) is 7.48. The fourth-order valence-electron chi connectivity index (χ4n) is 3.23. The number of para-hydroxylation sites is 2. The molecule has 1 unspecified atom stereocenters. The van der Waals surface area contributed by atoms with Crippen molar-refractivity contribution in [3.8, 4) is 5.75 Å². The monoisotopic (exact) mass is 373 g/mol. The highest BCUT2D eigenvalue weighted by atomic mass is 35.5. The molecule has 0 fully saturated rings. The van der Waals surface area contributed by atoms with Crippen molar-refractivity contribution < 1.29 is 19.4 Å². The number of anilines is 1. The summed E-state index contributed by atoms with van der Waals surface area (Å²) in [6, 6.07) is 14.2. The van der Waals surface area contributed by atoms with E-state index in [0.29, 0.717) is 41.6 Å². The van der Waals surface area contributed by atoms with Gasteiger partial charge in [0.25, 0.3) is 5.91 Å². The summed E-state index contributed by atoms with van der Waals surface area (Å²) in [5.41, 5.74) is -0.669. The van der Waals surface area contributed by atoms with Gasteiger partial charge in [0, 0.05) is 18.5 Å². The number of rotatable bonds is 7. The fraction of sp³-hybridized carbons (Fsp3) is 0.300. The number of carbonyl (C=O) groups excluding carboxylic acids is 2. The summed E-state index contributed by atoms with van der Waals surface area (Å²) in [5, 5.41) is 11.4. The number of hydrogen-bond acceptors (Lipinski definition) is 4. The van der Waals surface area contributed by atoms with Crippen molar-refractivity contribution >= 4 is 29.0 Å². The number of fused-ring (bicyclic) bond motifs is 1. The van der Waals surface area contributed by atoms with Crippen molar-refractivity contribution in [1.29, 1.82) is 0 Å². The number of Topliss-reactive ketones (excluding diaryl/α,β-unsaturated/α-hetero) is 1. The third-order valence-corrected chi connectivity index (χ3v) is 4.68. The first-order valence-electron chi connectivity index (χ1n) is 8.44. The van der Waals surface area contributed by atoms with Gasteiger partial charge in [-0.1, -0.05) is 41.9 Å². The number of benzene rings is 2. The van der Waals surface area contributed by atoms with Crippen molar-refractivity contribution in [2.24, 2.45) is 0 Å². The molecule has 1 atom stereocenters. The Morgan fingerprint density at radius 1 is 1.19 bits per heavy atom. The molecule has 0 bridgehead atoms. The Kier molecular flexibility index (Phi) is 5.30. The average molecular weight is 374 g/mol. The zero-order chi connectivity index (χ0) is 18.7. The van der Waals surface area contributed by atoms with Crippen LogP contribution in [0.5, 0.6) is 5.75 Å². The van der Waals surface area contributed by atoms with Gasteiger partial charge >= 0.3 is 0 Å². The van der Waals surface area contributed by atoms with E-state index in [0.717, 1.165) is 0 Å². The van der Waals surface area contributed by atoms with Crippen LogP contribution in [-0.2, 0) is 15.2 Å². The smallest absolute Gasteiger partial charge is 0.264 e. The van der Waals surface area contributed by atoms with E-state index in [1.165, 1.54) is 11.8 Å². The van der Waals surface area contributed by atoms with E-state index >= 15 is 0 Å². The van der Waals surface area contributed by atoms with E-state index in [4.69, 9.17) is 16.3 Å². The highest BCUT2D eigenvalue weighted by molar-refractivity contribution is 6.32. The molecule has 1 heterocycles. The van der Waals surface area contributed by atoms with Gasteiger partial charge in [-0.25, -0.2) is 0 Å². The molecule has 0 spiro atoms. The zero-order valence-corrected chi connectivity index (χ0v) is 15.2. The van der Waals surface area contributed by atoms with Gasteiger partial charge < -0.3 is 14.7 Å². The standard InChI is InChI=1S/C20H20ClNO4/c1-14(23)13-20(25)15-7-2-4-9-17(15)22(19(20)24)11-6-12-26-18-10-5-3-8-16(18)21/h2-5,7-10,25H,6,11-13H2,1H3. The van der Waals surface area contributed by atoms with Crippen LogP contribution < -0.4 is 9.64 Å². The van der Waals surface area contributed by atoms with E-state index in [1.54, 1.807) is 36.4 Å². The molecule has 5 nitrogen and oxygen atoms in total. The predicted molar refractivity (Wildman–Crippen MR) is 99.6 cm³/mol. The lowest BCUT2D eigenvalue weighted by Crippen LogP contribution is -2.42. The number of halogens is 1. The predicted octanol–water partition coefficient (Wildman–Crippen LogP) is 3.32. The molecule has 0 saturated carbocycles. The second-order valence-corrected chi connectivity index (χ2v) is 6.75. The number of nitrogens with zero attached hydrogens (tertiary/aromatic N) is 1. The number of aliphatic hydroxyl groups is 1. The third kappa shape index (κ3) is 3.45. The number of ether oxygens (including phenoxy) is 1. The molecule has 1 aliphatic heterocycles. The van der Waals surface area contributed by atoms with E-state index in [1.807, 2.05) is 12.1 Å². The Bertz CT molecular complexity index is 838. The van der Waals surface area contributed by atoms with Crippen LogP contribution in [0.15, 0.2) is 48.5 Å². The third-order valence-electron chi connectivity index (χ3n) is 4.36. The minimum Gasteiger partial charge on any atom is -0.492 e. The average Bonchev–Trinajstić information content (AvgIpc) is 2.81. The van der Waals surface area contributed by atoms with Gasteiger partial charge in [-0.05, 0) is 31.5 Å². The zero-order valence-electron chi connectivity index (χ0n) is 14.4. The molecule has 0 aliphatic carbocycles. The van der Waals surface area contributed by atoms with Crippen molar-refractivity contribution in [2.45, 2.75) is 25.4 Å². The van der Waals surface area contributed by atoms with Gasteiger partial charge in [-0.15, -0.1) is 0 Å². The molecular formula is C20H20ClNO4. The maximum atomic E-state index is 12.8.